The SMILES string of the molecule is CNC(=O)/C=C(/C(=O)O)c1ccccc1.CNC(=O)/C=C(\C(=O)O)c1ccccc1. The van der Waals surface area contributed by atoms with Crippen LogP contribution >= 0.6 is 0 Å². The lowest BCUT2D eigenvalue weighted by Crippen LogP contribution is -2.16. The summed E-state index contributed by atoms with van der Waals surface area (Å²) in [4.78, 5) is 43.9. The highest BCUT2D eigenvalue weighted by Crippen LogP contribution is 2.14. The molecule has 0 saturated carbocycles. The molecule has 156 valence electrons. The van der Waals surface area contributed by atoms with Crippen molar-refractivity contribution in [2.45, 2.75) is 0 Å². The lowest BCUT2D eigenvalue weighted by Gasteiger charge is -2.01. The Hall–Kier alpha value is -4.20. The van der Waals surface area contributed by atoms with E-state index in [2.05, 4.69) is 10.6 Å². The highest BCUT2D eigenvalue weighted by atomic mass is 16.4. The van der Waals surface area contributed by atoms with Crippen LogP contribution in [0, 0.1) is 0 Å². The van der Waals surface area contributed by atoms with Crippen molar-refractivity contribution in [3.63, 3.8) is 0 Å². The number of carboxylic acid groups (broad SMARTS) is 2. The van der Waals surface area contributed by atoms with Gasteiger partial charge in [0.2, 0.25) is 11.8 Å². The Morgan fingerprint density at radius 2 is 0.933 bits per heavy atom. The molecule has 2 aromatic rings. The monoisotopic (exact) mass is 410 g/mol. The van der Waals surface area contributed by atoms with Crippen molar-refractivity contribution in [3.05, 3.63) is 83.9 Å². The number of amides is 2. The Labute approximate surface area is 173 Å². The van der Waals surface area contributed by atoms with E-state index < -0.39 is 23.8 Å². The third-order valence-corrected chi connectivity index (χ3v) is 3.67. The second-order valence-electron chi connectivity index (χ2n) is 5.69. The molecule has 0 spiro atoms. The maximum atomic E-state index is 11.0. The van der Waals surface area contributed by atoms with E-state index in [9.17, 15) is 19.2 Å². The normalized spacial score (nSPS) is 10.9. The maximum absolute atomic E-state index is 11.0. The standard InChI is InChI=1S/2C11H11NO3/c2*1-12-10(13)7-9(11(14)15)8-5-3-2-4-6-8/h2*2-7H,1H3,(H,12,13)(H,14,15)/b9-7+;9-7-. The summed E-state index contributed by atoms with van der Waals surface area (Å²) in [5, 5.41) is 22.5. The van der Waals surface area contributed by atoms with E-state index in [0.717, 1.165) is 12.2 Å². The molecule has 0 radical (unpaired) electrons. The third-order valence-electron chi connectivity index (χ3n) is 3.67. The zero-order chi connectivity index (χ0) is 22.5. The number of rotatable bonds is 6. The van der Waals surface area contributed by atoms with E-state index in [1.54, 1.807) is 60.7 Å². The number of hydrogen-bond donors (Lipinski definition) is 4. The first-order valence-electron chi connectivity index (χ1n) is 8.74. The molecule has 8 nitrogen and oxygen atoms in total. The number of likely N-dealkylation sites (N-methyl/N-ethyl adjacent to an activating group) is 2. The average molecular weight is 410 g/mol. The minimum absolute atomic E-state index is 0.0186. The van der Waals surface area contributed by atoms with Gasteiger partial charge in [0.25, 0.3) is 0 Å². The first-order valence-corrected chi connectivity index (χ1v) is 8.74. The van der Waals surface area contributed by atoms with Crippen molar-refractivity contribution in [2.75, 3.05) is 14.1 Å². The van der Waals surface area contributed by atoms with Crippen LogP contribution in [0.25, 0.3) is 11.1 Å². The molecule has 2 rings (SSSR count). The fraction of sp³-hybridized carbons (Fsp3) is 0.0909. The molecule has 0 aliphatic rings. The molecule has 8 heteroatoms. The van der Waals surface area contributed by atoms with Crippen LogP contribution in [-0.4, -0.2) is 48.1 Å². The molecule has 0 atom stereocenters. The zero-order valence-electron chi connectivity index (χ0n) is 16.5. The van der Waals surface area contributed by atoms with Gasteiger partial charge in [-0.25, -0.2) is 9.59 Å². The van der Waals surface area contributed by atoms with Crippen LogP contribution in [0.15, 0.2) is 72.8 Å². The van der Waals surface area contributed by atoms with Gasteiger partial charge in [0, 0.05) is 26.2 Å². The fourth-order valence-corrected chi connectivity index (χ4v) is 2.18. The number of carboxylic acids is 2. The van der Waals surface area contributed by atoms with Gasteiger partial charge in [0.15, 0.2) is 0 Å². The van der Waals surface area contributed by atoms with E-state index in [1.165, 1.54) is 14.1 Å². The van der Waals surface area contributed by atoms with Crippen molar-refractivity contribution in [1.29, 1.82) is 0 Å². The maximum Gasteiger partial charge on any atom is 0.336 e. The Kier molecular flexibility index (Phi) is 9.77. The molecule has 30 heavy (non-hydrogen) atoms. The number of carbonyl (C=O) groups is 4. The van der Waals surface area contributed by atoms with Gasteiger partial charge >= 0.3 is 11.9 Å². The molecule has 2 aromatic carbocycles. The lowest BCUT2D eigenvalue weighted by molar-refractivity contribution is -0.131. The van der Waals surface area contributed by atoms with E-state index in [0.29, 0.717) is 11.1 Å². The molecule has 0 saturated heterocycles. The predicted octanol–water partition coefficient (Wildman–Crippen LogP) is 1.80. The highest BCUT2D eigenvalue weighted by molar-refractivity contribution is 6.20. The molecule has 0 aliphatic carbocycles. The lowest BCUT2D eigenvalue weighted by atomic mass is 10.1. The molecule has 0 aliphatic heterocycles. The summed E-state index contributed by atoms with van der Waals surface area (Å²) in [6.07, 6.45) is 2.13. The van der Waals surface area contributed by atoms with Gasteiger partial charge in [0.05, 0.1) is 11.1 Å². The fourth-order valence-electron chi connectivity index (χ4n) is 2.18. The molecule has 0 fully saturated rings. The van der Waals surface area contributed by atoms with Gasteiger partial charge in [0.1, 0.15) is 0 Å². The Bertz CT molecular complexity index is 871. The summed E-state index contributed by atoms with van der Waals surface area (Å²) >= 11 is 0. The van der Waals surface area contributed by atoms with Gasteiger partial charge in [-0.2, -0.15) is 0 Å². The number of benzene rings is 2. The zero-order valence-corrected chi connectivity index (χ0v) is 16.5. The molecule has 2 amide bonds. The molecule has 0 bridgehead atoms. The molecule has 0 heterocycles. The largest absolute Gasteiger partial charge is 0.478 e. The first-order chi connectivity index (χ1) is 14.3. The van der Waals surface area contributed by atoms with Crippen molar-refractivity contribution in [1.82, 2.24) is 10.6 Å². The van der Waals surface area contributed by atoms with Crippen LogP contribution in [0.1, 0.15) is 11.1 Å². The summed E-state index contributed by atoms with van der Waals surface area (Å²) in [5.74, 6) is -3.11. The van der Waals surface area contributed by atoms with Crippen LogP contribution < -0.4 is 10.6 Å². The van der Waals surface area contributed by atoms with Gasteiger partial charge < -0.3 is 20.8 Å². The quantitative estimate of drug-likeness (QED) is 0.537. The van der Waals surface area contributed by atoms with Crippen molar-refractivity contribution in [3.8, 4) is 0 Å². The molecule has 0 aromatic heterocycles. The van der Waals surface area contributed by atoms with Crippen LogP contribution in [0.5, 0.6) is 0 Å². The smallest absolute Gasteiger partial charge is 0.336 e. The van der Waals surface area contributed by atoms with Crippen LogP contribution in [-0.2, 0) is 19.2 Å². The Morgan fingerprint density at radius 3 is 1.17 bits per heavy atom. The van der Waals surface area contributed by atoms with Crippen molar-refractivity contribution >= 4 is 34.9 Å². The summed E-state index contributed by atoms with van der Waals surface area (Å²) in [5.41, 5.74) is 0.979. The van der Waals surface area contributed by atoms with Crippen molar-refractivity contribution < 1.29 is 29.4 Å². The van der Waals surface area contributed by atoms with Crippen LogP contribution in [0.3, 0.4) is 0 Å². The van der Waals surface area contributed by atoms with E-state index >= 15 is 0 Å². The Balaban J connectivity index is 0.000000300. The third kappa shape index (κ3) is 7.81. The van der Waals surface area contributed by atoms with Gasteiger partial charge in [-0.1, -0.05) is 60.7 Å². The summed E-state index contributed by atoms with van der Waals surface area (Å²) in [7, 11) is 2.90. The minimum atomic E-state index is -1.12. The van der Waals surface area contributed by atoms with E-state index in [1.807, 2.05) is 0 Å². The van der Waals surface area contributed by atoms with Crippen LogP contribution in [0.2, 0.25) is 0 Å². The second kappa shape index (κ2) is 12.3. The topological polar surface area (TPSA) is 133 Å². The van der Waals surface area contributed by atoms with E-state index in [-0.39, 0.29) is 11.1 Å². The number of carbonyl (C=O) groups excluding carboxylic acids is 2. The molecule has 0 unspecified atom stereocenters. The van der Waals surface area contributed by atoms with Crippen LogP contribution in [0.4, 0.5) is 0 Å². The molecule has 4 N–H and O–H groups in total. The minimum Gasteiger partial charge on any atom is -0.478 e. The van der Waals surface area contributed by atoms with Gasteiger partial charge in [-0.05, 0) is 11.1 Å². The van der Waals surface area contributed by atoms with Gasteiger partial charge in [-0.15, -0.1) is 0 Å². The van der Waals surface area contributed by atoms with E-state index in [4.69, 9.17) is 10.2 Å². The molecular weight excluding hydrogens is 388 g/mol. The number of hydrogen-bond acceptors (Lipinski definition) is 4. The predicted molar refractivity (Wildman–Crippen MR) is 112 cm³/mol. The number of nitrogens with one attached hydrogen (secondary N) is 2. The first kappa shape index (κ1) is 23.8. The average Bonchev–Trinajstić information content (AvgIpc) is 2.76. The summed E-state index contributed by atoms with van der Waals surface area (Å²) in [6, 6.07) is 17.0. The second-order valence-corrected chi connectivity index (χ2v) is 5.69. The summed E-state index contributed by atoms with van der Waals surface area (Å²) in [6.45, 7) is 0. The van der Waals surface area contributed by atoms with Gasteiger partial charge in [-0.3, -0.25) is 9.59 Å². The van der Waals surface area contributed by atoms with Crippen molar-refractivity contribution in [2.24, 2.45) is 0 Å². The Morgan fingerprint density at radius 1 is 0.633 bits per heavy atom. The number of aliphatic carboxylic acids is 2. The summed E-state index contributed by atoms with van der Waals surface area (Å²) < 4.78 is 0. The molecular formula is C22H22N2O6. The highest BCUT2D eigenvalue weighted by Gasteiger charge is 2.12.